The predicted molar refractivity (Wildman–Crippen MR) is 151 cm³/mol. The van der Waals surface area contributed by atoms with E-state index in [2.05, 4.69) is 10.6 Å². The second kappa shape index (κ2) is 10.3. The van der Waals surface area contributed by atoms with E-state index in [1.54, 1.807) is 30.3 Å². The van der Waals surface area contributed by atoms with E-state index in [1.807, 2.05) is 0 Å². The molecule has 39 heavy (non-hydrogen) atoms. The van der Waals surface area contributed by atoms with Crippen LogP contribution >= 0.6 is 12.2 Å². The van der Waals surface area contributed by atoms with Gasteiger partial charge in [0.1, 0.15) is 17.1 Å². The number of phenols is 3. The van der Waals surface area contributed by atoms with Gasteiger partial charge in [0.25, 0.3) is 0 Å². The van der Waals surface area contributed by atoms with Crippen LogP contribution in [0.3, 0.4) is 0 Å². The minimum Gasteiger partial charge on any atom is -0.508 e. The zero-order valence-corrected chi connectivity index (χ0v) is 21.1. The molecule has 2 aliphatic rings. The van der Waals surface area contributed by atoms with Crippen molar-refractivity contribution in [2.45, 2.75) is 6.42 Å². The van der Waals surface area contributed by atoms with Gasteiger partial charge < -0.3 is 35.5 Å². The highest BCUT2D eigenvalue weighted by Gasteiger charge is 2.22. The van der Waals surface area contributed by atoms with Crippen molar-refractivity contribution in [2.24, 2.45) is 0 Å². The zero-order chi connectivity index (χ0) is 27.7. The summed E-state index contributed by atoms with van der Waals surface area (Å²) in [5, 5.41) is 46.0. The maximum Gasteiger partial charge on any atom is 0.336 e. The Balaban J connectivity index is 1.45. The van der Waals surface area contributed by atoms with Crippen LogP contribution in [0, 0.1) is 0 Å². The first kappa shape index (κ1) is 25.6. The Morgan fingerprint density at radius 1 is 0.872 bits per heavy atom. The number of phenolic OH excluding ortho intramolecular Hbond substituents is 3. The van der Waals surface area contributed by atoms with E-state index < -0.39 is 5.97 Å². The second-order valence-corrected chi connectivity index (χ2v) is 9.24. The normalized spacial score (nSPS) is 11.0. The standard InChI is InChI=1S/C29H22N2O7S/c32-17-3-6-20-25(13-17)38-26-14-18(33)4-7-21(26)27(20)19-5-2-16(12-22(19)28(36)37)31-29(39)30-10-9-15-1-8-23(34)24(35)11-15/h1-8,11-14,32,34-35H,9-10H2,(H,36,37)(H2,30,31,39). The number of aromatic hydroxyl groups is 3. The Bertz CT molecular complexity index is 1780. The fourth-order valence-electron chi connectivity index (χ4n) is 4.39. The van der Waals surface area contributed by atoms with Gasteiger partial charge >= 0.3 is 5.97 Å². The van der Waals surface area contributed by atoms with Crippen LogP contribution in [0.5, 0.6) is 17.2 Å². The average molecular weight is 543 g/mol. The molecule has 0 saturated heterocycles. The fraction of sp³-hybridized carbons (Fsp3) is 0.0690. The minimum atomic E-state index is -1.17. The van der Waals surface area contributed by atoms with Crippen LogP contribution < -0.4 is 16.1 Å². The van der Waals surface area contributed by atoms with Crippen molar-refractivity contribution in [1.29, 1.82) is 0 Å². The number of hydrogen-bond acceptors (Lipinski definition) is 7. The Kier molecular flexibility index (Phi) is 6.78. The molecule has 0 radical (unpaired) electrons. The van der Waals surface area contributed by atoms with Crippen LogP contribution in [0.2, 0.25) is 0 Å². The summed E-state index contributed by atoms with van der Waals surface area (Å²) in [6.07, 6.45) is 0.523. The zero-order valence-electron chi connectivity index (χ0n) is 20.3. The molecule has 0 fully saturated rings. The number of nitrogens with one attached hydrogen (secondary N) is 2. The van der Waals surface area contributed by atoms with Gasteiger partial charge in [-0.1, -0.05) is 12.1 Å². The highest BCUT2D eigenvalue weighted by molar-refractivity contribution is 7.80. The number of benzene rings is 4. The first-order valence-corrected chi connectivity index (χ1v) is 12.2. The molecular formula is C29H22N2O7S. The van der Waals surface area contributed by atoms with Crippen molar-refractivity contribution in [2.75, 3.05) is 11.9 Å². The number of thiocarbonyl (C=S) groups is 1. The molecule has 0 amide bonds. The molecule has 3 aromatic rings. The van der Waals surface area contributed by atoms with Gasteiger partial charge in [-0.25, -0.2) is 4.79 Å². The highest BCUT2D eigenvalue weighted by atomic mass is 32.1. The molecule has 5 rings (SSSR count). The lowest BCUT2D eigenvalue weighted by atomic mass is 9.90. The van der Waals surface area contributed by atoms with Crippen molar-refractivity contribution >= 4 is 40.0 Å². The molecule has 196 valence electrons. The van der Waals surface area contributed by atoms with E-state index >= 15 is 0 Å². The van der Waals surface area contributed by atoms with Gasteiger partial charge in [-0.2, -0.15) is 0 Å². The summed E-state index contributed by atoms with van der Waals surface area (Å²) in [6, 6.07) is 18.2. The lowest BCUT2D eigenvalue weighted by Gasteiger charge is -2.18. The summed E-state index contributed by atoms with van der Waals surface area (Å²) in [6.45, 7) is 0.431. The molecule has 0 spiro atoms. The number of carboxylic acids is 1. The van der Waals surface area contributed by atoms with Crippen LogP contribution in [-0.4, -0.2) is 38.1 Å². The lowest BCUT2D eigenvalue weighted by molar-refractivity contribution is 0.0697. The van der Waals surface area contributed by atoms with Crippen LogP contribution in [-0.2, 0) is 6.42 Å². The van der Waals surface area contributed by atoms with Gasteiger partial charge in [-0.3, -0.25) is 4.79 Å². The third-order valence-electron chi connectivity index (χ3n) is 6.19. The smallest absolute Gasteiger partial charge is 0.336 e. The van der Waals surface area contributed by atoms with Crippen molar-refractivity contribution in [1.82, 2.24) is 5.32 Å². The minimum absolute atomic E-state index is 0.00422. The average Bonchev–Trinajstić information content (AvgIpc) is 2.89. The van der Waals surface area contributed by atoms with Gasteiger partial charge in [0, 0.05) is 40.9 Å². The molecule has 0 unspecified atom stereocenters. The maximum atomic E-state index is 12.4. The number of aromatic carboxylic acids is 1. The number of carbonyl (C=O) groups is 1. The van der Waals surface area contributed by atoms with E-state index in [1.165, 1.54) is 42.5 Å². The Morgan fingerprint density at radius 2 is 1.67 bits per heavy atom. The van der Waals surface area contributed by atoms with E-state index in [9.17, 15) is 30.0 Å². The summed E-state index contributed by atoms with van der Waals surface area (Å²) in [5.74, 6) is -1.33. The quantitative estimate of drug-likeness (QED) is 0.0992. The number of fused-ring (bicyclic) bond motifs is 2. The van der Waals surface area contributed by atoms with E-state index in [0.29, 0.717) is 46.3 Å². The summed E-state index contributed by atoms with van der Waals surface area (Å²) in [7, 11) is 0. The number of hydrogen-bond donors (Lipinski definition) is 6. The third kappa shape index (κ3) is 5.32. The first-order chi connectivity index (χ1) is 18.7. The second-order valence-electron chi connectivity index (χ2n) is 8.83. The highest BCUT2D eigenvalue weighted by Crippen LogP contribution is 2.42. The molecule has 0 saturated carbocycles. The third-order valence-corrected chi connectivity index (χ3v) is 6.44. The SMILES string of the molecule is O=C(O)c1cc(NC(=S)NCCc2ccc(O)c(O)c2)ccc1-c1c2ccc(=O)cc-2oc2cc(O)ccc12. The molecule has 1 aliphatic heterocycles. The summed E-state index contributed by atoms with van der Waals surface area (Å²) >= 11 is 5.36. The van der Waals surface area contributed by atoms with Crippen molar-refractivity contribution in [3.8, 4) is 39.7 Å². The number of anilines is 1. The summed E-state index contributed by atoms with van der Waals surface area (Å²) in [4.78, 5) is 24.4. The molecule has 10 heteroatoms. The molecule has 1 heterocycles. The van der Waals surface area contributed by atoms with Gasteiger partial charge in [0.15, 0.2) is 22.0 Å². The molecule has 1 aliphatic carbocycles. The van der Waals surface area contributed by atoms with E-state index in [4.69, 9.17) is 16.6 Å². The molecule has 0 aromatic heterocycles. The molecule has 3 aromatic carbocycles. The van der Waals surface area contributed by atoms with Crippen LogP contribution in [0.1, 0.15) is 15.9 Å². The topological polar surface area (TPSA) is 152 Å². The largest absolute Gasteiger partial charge is 0.508 e. The fourth-order valence-corrected chi connectivity index (χ4v) is 4.61. The van der Waals surface area contributed by atoms with Crippen LogP contribution in [0.15, 0.2) is 82.0 Å². The molecule has 0 atom stereocenters. The number of rotatable bonds is 6. The lowest BCUT2D eigenvalue weighted by Crippen LogP contribution is -2.30. The van der Waals surface area contributed by atoms with Crippen LogP contribution in [0.4, 0.5) is 5.69 Å². The number of carboxylic acid groups (broad SMARTS) is 1. The molecular weight excluding hydrogens is 520 g/mol. The van der Waals surface area contributed by atoms with Crippen molar-refractivity contribution < 1.29 is 29.6 Å². The van der Waals surface area contributed by atoms with Gasteiger partial charge in [0.05, 0.1) is 5.56 Å². The predicted octanol–water partition coefficient (Wildman–Crippen LogP) is 4.91. The van der Waals surface area contributed by atoms with E-state index in [-0.39, 0.29) is 39.1 Å². The maximum absolute atomic E-state index is 12.4. The first-order valence-electron chi connectivity index (χ1n) is 11.8. The summed E-state index contributed by atoms with van der Waals surface area (Å²) < 4.78 is 5.86. The van der Waals surface area contributed by atoms with E-state index in [0.717, 1.165) is 5.56 Å². The van der Waals surface area contributed by atoms with Gasteiger partial charge in [-0.15, -0.1) is 0 Å². The van der Waals surface area contributed by atoms with Gasteiger partial charge in [-0.05, 0) is 78.3 Å². The Morgan fingerprint density at radius 3 is 2.44 bits per heavy atom. The Hall–Kier alpha value is -5.09. The molecule has 9 nitrogen and oxygen atoms in total. The van der Waals surface area contributed by atoms with Gasteiger partial charge in [0.2, 0.25) is 0 Å². The van der Waals surface area contributed by atoms with Crippen LogP contribution in [0.25, 0.3) is 33.4 Å². The van der Waals surface area contributed by atoms with Crippen molar-refractivity contribution in [3.63, 3.8) is 0 Å². The monoisotopic (exact) mass is 542 g/mol. The molecule has 0 bridgehead atoms. The summed E-state index contributed by atoms with van der Waals surface area (Å²) in [5.41, 5.74) is 2.77. The van der Waals surface area contributed by atoms with Crippen molar-refractivity contribution in [3.05, 3.63) is 94.1 Å². The Labute approximate surface area is 226 Å². The molecule has 6 N–H and O–H groups in total.